The van der Waals surface area contributed by atoms with Crippen molar-refractivity contribution in [2.75, 3.05) is 33.4 Å². The van der Waals surface area contributed by atoms with E-state index in [-0.39, 0.29) is 24.0 Å². The molecule has 0 bridgehead atoms. The molecular formula is C14H27IN4OS. The summed E-state index contributed by atoms with van der Waals surface area (Å²) in [6.07, 6.45) is 3.08. The summed E-state index contributed by atoms with van der Waals surface area (Å²) >= 11 is 1.74. The predicted octanol–water partition coefficient (Wildman–Crippen LogP) is 2.59. The van der Waals surface area contributed by atoms with E-state index < -0.39 is 0 Å². The molecule has 0 spiro atoms. The van der Waals surface area contributed by atoms with Crippen molar-refractivity contribution in [1.82, 2.24) is 15.6 Å². The minimum atomic E-state index is 0. The van der Waals surface area contributed by atoms with Crippen LogP contribution in [0.15, 0.2) is 10.4 Å². The average molecular weight is 426 g/mol. The number of hydrogen-bond acceptors (Lipinski definition) is 4. The van der Waals surface area contributed by atoms with Crippen LogP contribution >= 0.6 is 35.3 Å². The Balaban J connectivity index is 0.00000400. The molecule has 0 radical (unpaired) electrons. The van der Waals surface area contributed by atoms with Crippen LogP contribution in [0.4, 0.5) is 0 Å². The molecule has 1 heterocycles. The van der Waals surface area contributed by atoms with Crippen molar-refractivity contribution < 1.29 is 4.74 Å². The van der Waals surface area contributed by atoms with Gasteiger partial charge in [0.25, 0.3) is 0 Å². The molecule has 0 aliphatic heterocycles. The van der Waals surface area contributed by atoms with Crippen molar-refractivity contribution in [3.8, 4) is 0 Å². The van der Waals surface area contributed by atoms with E-state index in [1.807, 2.05) is 13.8 Å². The number of aryl methyl sites for hydroxylation is 2. The van der Waals surface area contributed by atoms with Crippen LogP contribution in [0.3, 0.4) is 0 Å². The zero-order valence-corrected chi connectivity index (χ0v) is 16.3. The molecule has 0 aliphatic rings. The van der Waals surface area contributed by atoms with Gasteiger partial charge in [0.2, 0.25) is 0 Å². The van der Waals surface area contributed by atoms with Gasteiger partial charge in [-0.3, -0.25) is 4.99 Å². The number of ether oxygens (including phenoxy) is 1. The third kappa shape index (κ3) is 10.0. The van der Waals surface area contributed by atoms with Crippen LogP contribution in [-0.2, 0) is 11.2 Å². The lowest BCUT2D eigenvalue weighted by Crippen LogP contribution is -2.38. The third-order valence-corrected chi connectivity index (χ3v) is 3.74. The van der Waals surface area contributed by atoms with Crippen molar-refractivity contribution in [2.24, 2.45) is 4.99 Å². The van der Waals surface area contributed by atoms with Gasteiger partial charge in [-0.2, -0.15) is 0 Å². The molecule has 122 valence electrons. The molecule has 5 nitrogen and oxygen atoms in total. The second-order valence-electron chi connectivity index (χ2n) is 4.46. The van der Waals surface area contributed by atoms with Crippen LogP contribution in [0, 0.1) is 6.92 Å². The summed E-state index contributed by atoms with van der Waals surface area (Å²) in [5, 5.41) is 9.90. The van der Waals surface area contributed by atoms with Crippen molar-refractivity contribution in [2.45, 2.75) is 33.1 Å². The highest BCUT2D eigenvalue weighted by molar-refractivity contribution is 14.0. The Hall–Kier alpha value is -0.410. The highest BCUT2D eigenvalue weighted by Gasteiger charge is 2.00. The fourth-order valence-corrected chi connectivity index (χ4v) is 2.53. The number of rotatable bonds is 9. The van der Waals surface area contributed by atoms with Crippen LogP contribution < -0.4 is 10.6 Å². The van der Waals surface area contributed by atoms with Gasteiger partial charge in [-0.25, -0.2) is 4.98 Å². The highest BCUT2D eigenvalue weighted by atomic mass is 127. The number of guanidine groups is 1. The lowest BCUT2D eigenvalue weighted by atomic mass is 10.3. The minimum Gasteiger partial charge on any atom is -0.382 e. The quantitative estimate of drug-likeness (QED) is 0.276. The van der Waals surface area contributed by atoms with E-state index in [9.17, 15) is 0 Å². The van der Waals surface area contributed by atoms with Gasteiger partial charge in [0, 0.05) is 50.8 Å². The molecule has 0 atom stereocenters. The molecule has 2 N–H and O–H groups in total. The normalized spacial score (nSPS) is 11.1. The van der Waals surface area contributed by atoms with E-state index in [0.29, 0.717) is 0 Å². The maximum atomic E-state index is 5.29. The van der Waals surface area contributed by atoms with Crippen LogP contribution in [-0.4, -0.2) is 44.3 Å². The Morgan fingerprint density at radius 3 is 2.62 bits per heavy atom. The van der Waals surface area contributed by atoms with E-state index in [1.165, 1.54) is 5.01 Å². The number of hydrogen-bond donors (Lipinski definition) is 2. The Morgan fingerprint density at radius 2 is 2.05 bits per heavy atom. The van der Waals surface area contributed by atoms with E-state index in [1.54, 1.807) is 18.4 Å². The second-order valence-corrected chi connectivity index (χ2v) is 5.41. The Labute approximate surface area is 149 Å². The van der Waals surface area contributed by atoms with Gasteiger partial charge in [-0.1, -0.05) is 0 Å². The number of nitrogens with one attached hydrogen (secondary N) is 2. The predicted molar refractivity (Wildman–Crippen MR) is 101 cm³/mol. The van der Waals surface area contributed by atoms with Gasteiger partial charge in [0.1, 0.15) is 0 Å². The molecule has 0 aromatic carbocycles. The summed E-state index contributed by atoms with van der Waals surface area (Å²) < 4.78 is 5.29. The molecule has 0 aliphatic carbocycles. The van der Waals surface area contributed by atoms with Crippen molar-refractivity contribution in [3.05, 3.63) is 16.1 Å². The lowest BCUT2D eigenvalue weighted by Gasteiger charge is -2.11. The fraction of sp³-hybridized carbons (Fsp3) is 0.714. The topological polar surface area (TPSA) is 58.5 Å². The van der Waals surface area contributed by atoms with Crippen molar-refractivity contribution in [3.63, 3.8) is 0 Å². The highest BCUT2D eigenvalue weighted by Crippen LogP contribution is 2.10. The van der Waals surface area contributed by atoms with Crippen LogP contribution in [0.1, 0.15) is 30.5 Å². The average Bonchev–Trinajstić information content (AvgIpc) is 2.86. The van der Waals surface area contributed by atoms with E-state index in [4.69, 9.17) is 4.74 Å². The molecule has 0 unspecified atom stereocenters. The molecular weight excluding hydrogens is 399 g/mol. The molecule has 0 amide bonds. The first-order valence-corrected chi connectivity index (χ1v) is 8.07. The van der Waals surface area contributed by atoms with Crippen molar-refractivity contribution in [1.29, 1.82) is 0 Å². The molecule has 1 rings (SSSR count). The van der Waals surface area contributed by atoms with Gasteiger partial charge in [0.05, 0.1) is 5.01 Å². The van der Waals surface area contributed by atoms with E-state index >= 15 is 0 Å². The number of aromatic nitrogens is 1. The van der Waals surface area contributed by atoms with Crippen LogP contribution in [0.25, 0.3) is 0 Å². The fourth-order valence-electron chi connectivity index (χ4n) is 1.71. The molecule has 0 saturated heterocycles. The molecule has 1 aromatic rings. The summed E-state index contributed by atoms with van der Waals surface area (Å²) in [6.45, 7) is 7.41. The summed E-state index contributed by atoms with van der Waals surface area (Å²) in [6, 6.07) is 0. The van der Waals surface area contributed by atoms with Crippen molar-refractivity contribution >= 4 is 41.3 Å². The first-order valence-electron chi connectivity index (χ1n) is 7.19. The monoisotopic (exact) mass is 426 g/mol. The zero-order valence-electron chi connectivity index (χ0n) is 13.1. The Morgan fingerprint density at radius 1 is 1.33 bits per heavy atom. The smallest absolute Gasteiger partial charge is 0.190 e. The Bertz CT molecular complexity index is 398. The van der Waals surface area contributed by atoms with Gasteiger partial charge in [0.15, 0.2) is 5.96 Å². The van der Waals surface area contributed by atoms with Crippen LogP contribution in [0.5, 0.6) is 0 Å². The molecule has 21 heavy (non-hydrogen) atoms. The van der Waals surface area contributed by atoms with Crippen LogP contribution in [0.2, 0.25) is 0 Å². The summed E-state index contributed by atoms with van der Waals surface area (Å²) in [5.74, 6) is 0.858. The lowest BCUT2D eigenvalue weighted by molar-refractivity contribution is 0.145. The molecule has 0 saturated carbocycles. The summed E-state index contributed by atoms with van der Waals surface area (Å²) in [5.41, 5.74) is 1.12. The maximum Gasteiger partial charge on any atom is 0.190 e. The third-order valence-electron chi connectivity index (χ3n) is 2.71. The minimum absolute atomic E-state index is 0. The first-order chi connectivity index (χ1) is 9.76. The summed E-state index contributed by atoms with van der Waals surface area (Å²) in [4.78, 5) is 8.65. The maximum absolute atomic E-state index is 5.29. The molecule has 7 heteroatoms. The standard InChI is InChI=1S/C14H26N4OS.HI/c1-4-19-10-6-9-17-14(15-3)16-8-5-7-13-18-12(2)11-20-13;/h11H,4-10H2,1-3H3,(H2,15,16,17);1H. The van der Waals surface area contributed by atoms with Gasteiger partial charge in [-0.15, -0.1) is 35.3 Å². The number of nitrogens with zero attached hydrogens (tertiary/aromatic N) is 2. The van der Waals surface area contributed by atoms with Gasteiger partial charge < -0.3 is 15.4 Å². The Kier molecular flexibility index (Phi) is 13.0. The van der Waals surface area contributed by atoms with Gasteiger partial charge >= 0.3 is 0 Å². The number of thiazole rings is 1. The second kappa shape index (κ2) is 13.3. The van der Waals surface area contributed by atoms with E-state index in [2.05, 4.69) is 26.0 Å². The largest absolute Gasteiger partial charge is 0.382 e. The van der Waals surface area contributed by atoms with E-state index in [0.717, 1.165) is 57.2 Å². The molecule has 0 fully saturated rings. The number of aliphatic imine (C=N–C) groups is 1. The summed E-state index contributed by atoms with van der Waals surface area (Å²) in [7, 11) is 1.79. The zero-order chi connectivity index (χ0) is 14.6. The SMILES string of the molecule is CCOCCCNC(=NC)NCCCc1nc(C)cs1.I. The van der Waals surface area contributed by atoms with Gasteiger partial charge in [-0.05, 0) is 26.7 Å². The first kappa shape index (κ1) is 20.6. The number of halogens is 1. The molecule has 1 aromatic heterocycles.